The van der Waals surface area contributed by atoms with Gasteiger partial charge in [-0.1, -0.05) is 6.07 Å². The van der Waals surface area contributed by atoms with Crippen molar-refractivity contribution < 1.29 is 13.3 Å². The zero-order valence-electron chi connectivity index (χ0n) is 11.9. The number of nitro groups is 1. The monoisotopic (exact) mass is 313 g/mol. The molecule has 1 aromatic rings. The Bertz CT molecular complexity index is 637. The third-order valence-corrected chi connectivity index (χ3v) is 5.82. The number of benzene rings is 1. The van der Waals surface area contributed by atoms with Gasteiger partial charge in [0.25, 0.3) is 5.69 Å². The number of aryl methyl sites for hydroxylation is 1. The van der Waals surface area contributed by atoms with Gasteiger partial charge in [-0.25, -0.2) is 8.42 Å². The van der Waals surface area contributed by atoms with Crippen LogP contribution in [0.5, 0.6) is 0 Å². The van der Waals surface area contributed by atoms with Gasteiger partial charge in [-0.05, 0) is 38.3 Å². The Kier molecular flexibility index (Phi) is 4.60. The summed E-state index contributed by atoms with van der Waals surface area (Å²) in [5.41, 5.74) is 5.87. The fourth-order valence-corrected chi connectivity index (χ4v) is 3.97. The zero-order valence-corrected chi connectivity index (χ0v) is 12.7. The summed E-state index contributed by atoms with van der Waals surface area (Å²) < 4.78 is 26.5. The van der Waals surface area contributed by atoms with Crippen LogP contribution in [-0.2, 0) is 10.0 Å². The fraction of sp³-hybridized carbons (Fsp3) is 0.538. The summed E-state index contributed by atoms with van der Waals surface area (Å²) in [6.45, 7) is 2.96. The van der Waals surface area contributed by atoms with Crippen LogP contribution in [0.4, 0.5) is 5.69 Å². The van der Waals surface area contributed by atoms with Crippen LogP contribution < -0.4 is 5.73 Å². The molecule has 1 aliphatic rings. The quantitative estimate of drug-likeness (QED) is 0.665. The number of hydrogen-bond donors (Lipinski definition) is 1. The number of nitrogens with two attached hydrogens (primary N) is 1. The van der Waals surface area contributed by atoms with Crippen molar-refractivity contribution in [3.8, 4) is 0 Å². The van der Waals surface area contributed by atoms with Gasteiger partial charge in [0.1, 0.15) is 0 Å². The number of nitrogens with zero attached hydrogens (tertiary/aromatic N) is 2. The first-order valence-electron chi connectivity index (χ1n) is 6.81. The molecule has 0 radical (unpaired) electrons. The lowest BCUT2D eigenvalue weighted by molar-refractivity contribution is -0.385. The molecule has 0 saturated carbocycles. The minimum absolute atomic E-state index is 0.0222. The first kappa shape index (κ1) is 15.9. The molecule has 21 heavy (non-hydrogen) atoms. The number of hydrogen-bond acceptors (Lipinski definition) is 5. The Morgan fingerprint density at radius 2 is 2.00 bits per heavy atom. The van der Waals surface area contributed by atoms with E-state index in [0.29, 0.717) is 31.1 Å². The Balaban J connectivity index is 2.28. The third-order valence-electron chi connectivity index (χ3n) is 3.92. The largest absolute Gasteiger partial charge is 0.330 e. The highest BCUT2D eigenvalue weighted by Crippen LogP contribution is 2.27. The summed E-state index contributed by atoms with van der Waals surface area (Å²) in [6, 6.07) is 4.03. The normalized spacial score (nSPS) is 17.8. The topological polar surface area (TPSA) is 107 Å². The van der Waals surface area contributed by atoms with Gasteiger partial charge in [-0.3, -0.25) is 10.1 Å². The van der Waals surface area contributed by atoms with E-state index in [-0.39, 0.29) is 10.6 Å². The standard InChI is InChI=1S/C13H19N3O4S/c1-10-2-3-12(8-13(10)16(17)18)21(19,20)15-6-4-11(9-14)5-7-15/h2-3,8,11H,4-7,9,14H2,1H3. The summed E-state index contributed by atoms with van der Waals surface area (Å²) in [5, 5.41) is 10.9. The minimum atomic E-state index is -3.68. The molecule has 1 saturated heterocycles. The van der Waals surface area contributed by atoms with Crippen LogP contribution in [0.2, 0.25) is 0 Å². The molecule has 116 valence electrons. The molecule has 0 aromatic heterocycles. The van der Waals surface area contributed by atoms with Crippen LogP contribution in [-0.4, -0.2) is 37.3 Å². The molecule has 1 fully saturated rings. The molecule has 0 unspecified atom stereocenters. The third kappa shape index (κ3) is 3.22. The second kappa shape index (κ2) is 6.08. The van der Waals surface area contributed by atoms with E-state index in [1.54, 1.807) is 6.92 Å². The lowest BCUT2D eigenvalue weighted by Gasteiger charge is -2.30. The molecular weight excluding hydrogens is 294 g/mol. The molecule has 7 nitrogen and oxygen atoms in total. The maximum absolute atomic E-state index is 12.5. The molecule has 0 aliphatic carbocycles. The van der Waals surface area contributed by atoms with E-state index in [1.807, 2.05) is 0 Å². The molecular formula is C13H19N3O4S. The smallest absolute Gasteiger partial charge is 0.273 e. The van der Waals surface area contributed by atoms with Gasteiger partial charge in [0, 0.05) is 24.7 Å². The first-order chi connectivity index (χ1) is 9.86. The van der Waals surface area contributed by atoms with Crippen molar-refractivity contribution in [3.63, 3.8) is 0 Å². The zero-order chi connectivity index (χ0) is 15.6. The predicted octanol–water partition coefficient (Wildman–Crippen LogP) is 1.26. The molecule has 2 rings (SSSR count). The molecule has 0 spiro atoms. The van der Waals surface area contributed by atoms with Crippen molar-refractivity contribution in [1.29, 1.82) is 0 Å². The lowest BCUT2D eigenvalue weighted by Crippen LogP contribution is -2.40. The van der Waals surface area contributed by atoms with Crippen LogP contribution in [0, 0.1) is 23.0 Å². The summed E-state index contributed by atoms with van der Waals surface area (Å²) in [5.74, 6) is 0.351. The van der Waals surface area contributed by atoms with E-state index < -0.39 is 14.9 Å². The Morgan fingerprint density at radius 1 is 1.38 bits per heavy atom. The summed E-state index contributed by atoms with van der Waals surface area (Å²) in [4.78, 5) is 10.4. The highest BCUT2D eigenvalue weighted by molar-refractivity contribution is 7.89. The van der Waals surface area contributed by atoms with Crippen molar-refractivity contribution in [2.75, 3.05) is 19.6 Å². The molecule has 2 N–H and O–H groups in total. The van der Waals surface area contributed by atoms with Crippen molar-refractivity contribution in [1.82, 2.24) is 4.31 Å². The maximum atomic E-state index is 12.5. The predicted molar refractivity (Wildman–Crippen MR) is 78.4 cm³/mol. The van der Waals surface area contributed by atoms with Crippen LogP contribution in [0.1, 0.15) is 18.4 Å². The van der Waals surface area contributed by atoms with Gasteiger partial charge in [-0.15, -0.1) is 0 Å². The summed E-state index contributed by atoms with van der Waals surface area (Å²) >= 11 is 0. The van der Waals surface area contributed by atoms with Crippen molar-refractivity contribution >= 4 is 15.7 Å². The van der Waals surface area contributed by atoms with E-state index in [4.69, 9.17) is 5.73 Å². The SMILES string of the molecule is Cc1ccc(S(=O)(=O)N2CCC(CN)CC2)cc1[N+](=O)[O-]. The van der Waals surface area contributed by atoms with E-state index >= 15 is 0 Å². The van der Waals surface area contributed by atoms with Gasteiger partial charge in [-0.2, -0.15) is 4.31 Å². The molecule has 1 aromatic carbocycles. The van der Waals surface area contributed by atoms with Crippen molar-refractivity contribution in [3.05, 3.63) is 33.9 Å². The molecule has 0 atom stereocenters. The molecule has 1 heterocycles. The van der Waals surface area contributed by atoms with E-state index in [2.05, 4.69) is 0 Å². The molecule has 0 amide bonds. The number of sulfonamides is 1. The average molecular weight is 313 g/mol. The summed E-state index contributed by atoms with van der Waals surface area (Å²) in [7, 11) is -3.68. The van der Waals surface area contributed by atoms with Crippen LogP contribution in [0.15, 0.2) is 23.1 Å². The van der Waals surface area contributed by atoms with Crippen molar-refractivity contribution in [2.45, 2.75) is 24.7 Å². The van der Waals surface area contributed by atoms with Crippen LogP contribution in [0.25, 0.3) is 0 Å². The first-order valence-corrected chi connectivity index (χ1v) is 8.25. The van der Waals surface area contributed by atoms with Crippen LogP contribution in [0.3, 0.4) is 0 Å². The fourth-order valence-electron chi connectivity index (χ4n) is 2.48. The molecule has 8 heteroatoms. The number of nitro benzene ring substituents is 1. The number of rotatable bonds is 4. The van der Waals surface area contributed by atoms with Crippen LogP contribution >= 0.6 is 0 Å². The average Bonchev–Trinajstić information content (AvgIpc) is 2.47. The van der Waals surface area contributed by atoms with Gasteiger partial charge >= 0.3 is 0 Å². The minimum Gasteiger partial charge on any atom is -0.330 e. The van der Waals surface area contributed by atoms with E-state index in [1.165, 1.54) is 16.4 Å². The summed E-state index contributed by atoms with van der Waals surface area (Å²) in [6.07, 6.45) is 1.45. The highest BCUT2D eigenvalue weighted by Gasteiger charge is 2.30. The lowest BCUT2D eigenvalue weighted by atomic mass is 9.99. The van der Waals surface area contributed by atoms with Gasteiger partial charge in [0.15, 0.2) is 0 Å². The van der Waals surface area contributed by atoms with E-state index in [9.17, 15) is 18.5 Å². The Labute approximate surface area is 123 Å². The Hall–Kier alpha value is -1.51. The molecule has 0 bridgehead atoms. The van der Waals surface area contributed by atoms with Gasteiger partial charge in [0.2, 0.25) is 10.0 Å². The highest BCUT2D eigenvalue weighted by atomic mass is 32.2. The number of piperidine rings is 1. The maximum Gasteiger partial charge on any atom is 0.273 e. The Morgan fingerprint density at radius 3 is 2.52 bits per heavy atom. The second-order valence-corrected chi connectivity index (χ2v) is 7.23. The van der Waals surface area contributed by atoms with Gasteiger partial charge < -0.3 is 5.73 Å². The van der Waals surface area contributed by atoms with E-state index in [0.717, 1.165) is 18.9 Å². The van der Waals surface area contributed by atoms with Crippen molar-refractivity contribution in [2.24, 2.45) is 11.7 Å². The second-order valence-electron chi connectivity index (χ2n) is 5.29. The van der Waals surface area contributed by atoms with Gasteiger partial charge in [0.05, 0.1) is 9.82 Å². The molecule has 1 aliphatic heterocycles.